The molecule has 0 saturated carbocycles. The molecular weight excluding hydrogens is 1720 g/mol. The monoisotopic (exact) mass is 1790 g/mol. The van der Waals surface area contributed by atoms with Gasteiger partial charge in [0.1, 0.15) is 24.0 Å². The summed E-state index contributed by atoms with van der Waals surface area (Å²) in [5.41, 5.74) is 20.2. The summed E-state index contributed by atoms with van der Waals surface area (Å²) in [6, 6.07) is 80.4. The van der Waals surface area contributed by atoms with Crippen LogP contribution in [0, 0.1) is 79.7 Å². The van der Waals surface area contributed by atoms with Gasteiger partial charge in [-0.05, 0) is 111 Å². The predicted molar refractivity (Wildman–Crippen MR) is 385 cm³/mol. The van der Waals surface area contributed by atoms with Crippen molar-refractivity contribution >= 4 is 53.9 Å². The van der Waals surface area contributed by atoms with Crippen molar-refractivity contribution in [3.8, 4) is 79.2 Å². The average Bonchev–Trinajstić information content (AvgIpc) is 1.56. The average molecular weight is 1790 g/mol. The molecule has 0 bridgehead atoms. The van der Waals surface area contributed by atoms with Gasteiger partial charge >= 0.3 is 27.5 Å². The second kappa shape index (κ2) is 39.9. The van der Waals surface area contributed by atoms with Crippen molar-refractivity contribution in [2.75, 3.05) is 0 Å². The van der Waals surface area contributed by atoms with Crippen LogP contribution in [0.25, 0.3) is 79.2 Å². The second-order valence-electron chi connectivity index (χ2n) is 20.9. The van der Waals surface area contributed by atoms with E-state index in [4.69, 9.17) is 0 Å². The molecular formula is C76H65Br2Cl2Ir2N14-2. The molecule has 0 unspecified atom stereocenters. The van der Waals surface area contributed by atoms with E-state index in [1.807, 2.05) is 210 Å². The molecule has 6 aromatic carbocycles. The van der Waals surface area contributed by atoms with Crippen LogP contribution in [0.2, 0.25) is 0 Å². The van der Waals surface area contributed by atoms with Crippen molar-refractivity contribution < 1.29 is 38.0 Å². The summed E-state index contributed by atoms with van der Waals surface area (Å²) in [5, 5.41) is 25.1. The summed E-state index contributed by atoms with van der Waals surface area (Å²) in [4.78, 5) is 25.7. The number of halogens is 4. The van der Waals surface area contributed by atoms with Crippen molar-refractivity contribution in [1.29, 1.82) is 0 Å². The maximum atomic E-state index is 4.64. The molecule has 0 N–H and O–H groups in total. The van der Waals surface area contributed by atoms with Crippen LogP contribution < -0.4 is 0 Å². The van der Waals surface area contributed by atoms with E-state index in [2.05, 4.69) is 178 Å². The Hall–Kier alpha value is -8.80. The van der Waals surface area contributed by atoms with Crippen LogP contribution in [0.3, 0.4) is 0 Å². The van der Waals surface area contributed by atoms with Crippen LogP contribution >= 0.6 is 53.9 Å². The van der Waals surface area contributed by atoms with Gasteiger partial charge in [-0.25, -0.2) is 19.3 Å². The first-order valence-electron chi connectivity index (χ1n) is 29.4. The van der Waals surface area contributed by atoms with Gasteiger partial charge in [0.15, 0.2) is 11.6 Å². The molecule has 14 aromatic rings. The number of hydrogen-bond acceptors (Lipinski definition) is 12. The third-order valence-electron chi connectivity index (χ3n) is 13.5. The van der Waals surface area contributed by atoms with Crippen molar-refractivity contribution in [3.05, 3.63) is 322 Å². The third kappa shape index (κ3) is 23.2. The van der Waals surface area contributed by atoms with Gasteiger partial charge in [-0.2, -0.15) is 10.2 Å². The van der Waals surface area contributed by atoms with Gasteiger partial charge in [-0.3, -0.25) is 0 Å². The predicted octanol–water partition coefficient (Wildman–Crippen LogP) is 18.7. The van der Waals surface area contributed by atoms with E-state index in [1.54, 1.807) is 34.2 Å². The normalized spacial score (nSPS) is 9.92. The molecule has 20 heteroatoms. The van der Waals surface area contributed by atoms with Gasteiger partial charge in [-0.15, -0.1) is 174 Å². The molecule has 0 spiro atoms. The summed E-state index contributed by atoms with van der Waals surface area (Å²) in [6.07, 6.45) is 10.1. The molecule has 0 aliphatic rings. The number of nitrogens with zero attached hydrogens (tertiary/aromatic N) is 14. The molecule has 487 valence electrons. The van der Waals surface area contributed by atoms with Gasteiger partial charge < -0.3 is 19.9 Å². The quantitative estimate of drug-likeness (QED) is 0.132. The van der Waals surface area contributed by atoms with Crippen LogP contribution in [0.15, 0.2) is 253 Å². The molecule has 8 heterocycles. The fraction of sp³-hybridized carbons (Fsp3) is 0.105. The van der Waals surface area contributed by atoms with Gasteiger partial charge in [-0.1, -0.05) is 132 Å². The summed E-state index contributed by atoms with van der Waals surface area (Å²) in [5.74, 6) is 1.38. The van der Waals surface area contributed by atoms with Crippen LogP contribution in [0.5, 0.6) is 0 Å². The Morgan fingerprint density at radius 3 is 0.865 bits per heavy atom. The van der Waals surface area contributed by atoms with Gasteiger partial charge in [0.25, 0.3) is 0 Å². The molecule has 14 rings (SSSR count). The SMILES string of the molecule is Cc1c[c-]c(-c2ccccn2)cc1.Cc1c[c-]c(-c2ccccn2)cc1.Cc1c[c-]c(-c2ccccn2)cc1.Cc1c[c-]c(-c2ccccn2)cc1.Cc1cc(C)n(-c2ncnnc2-c2ccc(Br)cc2)n1.Cc1cc(C)n(-c2ncnnc2-c2ccc(Br)cc2)n1.Cl.[Cl][Ir+2].[Ir]. The standard InChI is InChI=1S/2C14H12BrN5.4C12H10N.2ClH.2Ir/c2*1-9-7-10(2)20(19-9)14-13(18-17-8-16-14)11-3-5-12(15)6-4-11;4*1-10-5-7-11(8-6-10)12-4-2-3-9-13-12;;;;/h2*3-8H,1-2H3;4*2-7,9H,1H3;2*1H;;/q;;4*-1;;;;+3/p-1. The molecule has 96 heavy (non-hydrogen) atoms. The van der Waals surface area contributed by atoms with E-state index in [1.165, 1.54) is 52.8 Å². The summed E-state index contributed by atoms with van der Waals surface area (Å²) in [7, 11) is 4.64. The van der Waals surface area contributed by atoms with Crippen molar-refractivity contribution in [2.24, 2.45) is 0 Å². The summed E-state index contributed by atoms with van der Waals surface area (Å²) in [6.45, 7) is 16.1. The topological polar surface area (TPSA) is 165 Å². The molecule has 0 aliphatic carbocycles. The molecule has 0 saturated heterocycles. The van der Waals surface area contributed by atoms with Crippen LogP contribution in [0.1, 0.15) is 45.0 Å². The van der Waals surface area contributed by atoms with Crippen LogP contribution in [0.4, 0.5) is 0 Å². The van der Waals surface area contributed by atoms with E-state index in [0.717, 1.165) is 87.9 Å². The van der Waals surface area contributed by atoms with E-state index >= 15 is 0 Å². The zero-order valence-electron chi connectivity index (χ0n) is 53.6. The van der Waals surface area contributed by atoms with Gasteiger partial charge in [0.2, 0.25) is 0 Å². The Morgan fingerprint density at radius 1 is 0.365 bits per heavy atom. The maximum absolute atomic E-state index is 4.64. The van der Waals surface area contributed by atoms with E-state index in [0.29, 0.717) is 23.0 Å². The molecule has 0 atom stereocenters. The van der Waals surface area contributed by atoms with E-state index in [-0.39, 0.29) is 32.5 Å². The van der Waals surface area contributed by atoms with Crippen molar-refractivity contribution in [1.82, 2.24) is 69.9 Å². The number of hydrogen-bond donors (Lipinski definition) is 0. The number of aryl methyl sites for hydroxylation is 8. The second-order valence-corrected chi connectivity index (χ2v) is 22.8. The molecule has 0 amide bonds. The number of benzene rings is 6. The molecule has 14 nitrogen and oxygen atoms in total. The summed E-state index contributed by atoms with van der Waals surface area (Å²) >= 11 is 8.33. The Kier molecular flexibility index (Phi) is 31.7. The fourth-order valence-electron chi connectivity index (χ4n) is 8.86. The van der Waals surface area contributed by atoms with E-state index in [9.17, 15) is 0 Å². The van der Waals surface area contributed by atoms with Crippen LogP contribution in [-0.4, -0.2) is 69.9 Å². The van der Waals surface area contributed by atoms with Crippen molar-refractivity contribution in [3.63, 3.8) is 0 Å². The van der Waals surface area contributed by atoms with Crippen molar-refractivity contribution in [2.45, 2.75) is 55.4 Å². The number of aromatic nitrogens is 14. The first-order valence-corrected chi connectivity index (χ1v) is 34.0. The molecule has 8 aromatic heterocycles. The zero-order chi connectivity index (χ0) is 66.6. The zero-order valence-corrected chi connectivity index (χ0v) is 63.1. The number of rotatable bonds is 8. The Balaban J connectivity index is 0.000000182. The largest absolute Gasteiger partial charge is 0 e. The van der Waals surface area contributed by atoms with Gasteiger partial charge in [0, 0.05) is 76.4 Å². The maximum Gasteiger partial charge on any atom is 0 e. The first-order chi connectivity index (χ1) is 45.7. The summed E-state index contributed by atoms with van der Waals surface area (Å²) < 4.78 is 5.62. The minimum Gasteiger partial charge on any atom is 0 e. The molecule has 0 fully saturated rings. The third-order valence-corrected chi connectivity index (χ3v) is 14.6. The smallest absolute Gasteiger partial charge is 0 e. The van der Waals surface area contributed by atoms with E-state index < -0.39 is 0 Å². The number of pyridine rings is 4. The Labute approximate surface area is 612 Å². The Morgan fingerprint density at radius 2 is 0.646 bits per heavy atom. The fourth-order valence-corrected chi connectivity index (χ4v) is 9.39. The minimum atomic E-state index is 0. The molecule has 1 radical (unpaired) electrons. The minimum absolute atomic E-state index is 0. The first kappa shape index (κ1) is 76.2. The van der Waals surface area contributed by atoms with Gasteiger partial charge in [0.05, 0.1) is 11.4 Å². The molecule has 0 aliphatic heterocycles. The Bertz CT molecular complexity index is 4070. The van der Waals surface area contributed by atoms with Crippen LogP contribution in [-0.2, 0) is 38.0 Å².